The first-order chi connectivity index (χ1) is 15.8. The second kappa shape index (κ2) is 7.90. The van der Waals surface area contributed by atoms with Crippen molar-refractivity contribution in [1.82, 2.24) is 10.3 Å². The number of carbonyl (C=O) groups is 3. The van der Waals surface area contributed by atoms with Gasteiger partial charge in [0.2, 0.25) is 0 Å². The van der Waals surface area contributed by atoms with E-state index in [1.165, 1.54) is 0 Å². The normalized spacial score (nSPS) is 18.1. The van der Waals surface area contributed by atoms with E-state index < -0.39 is 34.8 Å². The van der Waals surface area contributed by atoms with Crippen LogP contribution in [0.5, 0.6) is 0 Å². The number of H-pyrrole nitrogens is 1. The third-order valence-corrected chi connectivity index (χ3v) is 5.33. The molecule has 34 heavy (non-hydrogen) atoms. The molecule has 2 heterocycles. The molecular weight excluding hydrogens is 434 g/mol. The summed E-state index contributed by atoms with van der Waals surface area (Å²) in [4.78, 5) is 44.6. The van der Waals surface area contributed by atoms with Crippen LogP contribution in [0.3, 0.4) is 0 Å². The summed E-state index contributed by atoms with van der Waals surface area (Å²) in [6.45, 7) is 10.4. The van der Waals surface area contributed by atoms with E-state index in [1.807, 2.05) is 24.3 Å². The average Bonchev–Trinajstić information content (AvgIpc) is 3.23. The van der Waals surface area contributed by atoms with E-state index >= 15 is 0 Å². The largest absolute Gasteiger partial charge is 0.444 e. The van der Waals surface area contributed by atoms with Crippen molar-refractivity contribution < 1.29 is 23.9 Å². The minimum atomic E-state index is -1.71. The molecule has 0 fully saturated rings. The summed E-state index contributed by atoms with van der Waals surface area (Å²) >= 11 is 0. The van der Waals surface area contributed by atoms with Crippen molar-refractivity contribution in [2.75, 3.05) is 4.90 Å². The van der Waals surface area contributed by atoms with Gasteiger partial charge in [0.15, 0.2) is 5.54 Å². The predicted octanol–water partition coefficient (Wildman–Crippen LogP) is 5.22. The minimum Gasteiger partial charge on any atom is -0.444 e. The second-order valence-corrected chi connectivity index (χ2v) is 10.3. The minimum absolute atomic E-state index is 0.336. The monoisotopic (exact) mass is 463 g/mol. The fraction of sp³-hybridized carbons (Fsp3) is 0.346. The summed E-state index contributed by atoms with van der Waals surface area (Å²) in [7, 11) is 0. The van der Waals surface area contributed by atoms with Crippen LogP contribution in [0.2, 0.25) is 0 Å². The van der Waals surface area contributed by atoms with Gasteiger partial charge in [-0.05, 0) is 53.7 Å². The van der Waals surface area contributed by atoms with Crippen LogP contribution in [0.25, 0.3) is 10.9 Å². The number of anilines is 1. The Morgan fingerprint density at radius 2 is 1.50 bits per heavy atom. The van der Waals surface area contributed by atoms with Gasteiger partial charge in [-0.2, -0.15) is 0 Å². The molecule has 0 radical (unpaired) electrons. The molecule has 2 N–H and O–H groups in total. The van der Waals surface area contributed by atoms with E-state index in [0.29, 0.717) is 16.8 Å². The molecule has 3 aromatic rings. The number of benzene rings is 2. The smallest absolute Gasteiger partial charge is 0.421 e. The van der Waals surface area contributed by atoms with Gasteiger partial charge in [-0.3, -0.25) is 10.1 Å². The van der Waals surface area contributed by atoms with Crippen molar-refractivity contribution in [3.05, 3.63) is 65.9 Å². The maximum absolute atomic E-state index is 14.2. The van der Waals surface area contributed by atoms with Crippen LogP contribution in [-0.4, -0.2) is 34.3 Å². The van der Waals surface area contributed by atoms with Gasteiger partial charge in [-0.15, -0.1) is 0 Å². The molecule has 0 spiro atoms. The second-order valence-electron chi connectivity index (χ2n) is 10.3. The maximum atomic E-state index is 14.2. The van der Waals surface area contributed by atoms with E-state index in [1.54, 1.807) is 72.0 Å². The average molecular weight is 464 g/mol. The van der Waals surface area contributed by atoms with Crippen LogP contribution >= 0.6 is 0 Å². The standard InChI is InChI=1S/C26H29N3O5/c1-24(2,3)33-22(31)28-26(18-15-27-19-13-9-7-11-16(18)19)17-12-8-10-14-20(17)29(21(26)30)23(32)34-25(4,5)6/h7-15,27H,1-6H3,(H,28,31). The molecule has 0 bridgehead atoms. The SMILES string of the molecule is CC(C)(C)OC(=O)NC1(c2c[nH]c3ccccc23)C(=O)N(C(=O)OC(C)(C)C)c2ccccc21. The van der Waals surface area contributed by atoms with Gasteiger partial charge < -0.3 is 14.5 Å². The molecule has 1 atom stereocenters. The third kappa shape index (κ3) is 4.00. The van der Waals surface area contributed by atoms with Gasteiger partial charge in [0.05, 0.1) is 5.69 Å². The van der Waals surface area contributed by atoms with Crippen molar-refractivity contribution in [2.24, 2.45) is 0 Å². The van der Waals surface area contributed by atoms with Crippen LogP contribution in [-0.2, 0) is 19.8 Å². The number of aromatic amines is 1. The molecule has 3 amide bonds. The first-order valence-electron chi connectivity index (χ1n) is 11.1. The van der Waals surface area contributed by atoms with E-state index in [-0.39, 0.29) is 0 Å². The fourth-order valence-electron chi connectivity index (χ4n) is 4.15. The number of hydrogen-bond acceptors (Lipinski definition) is 5. The molecule has 1 aliphatic heterocycles. The summed E-state index contributed by atoms with van der Waals surface area (Å²) < 4.78 is 11.1. The highest BCUT2D eigenvalue weighted by molar-refractivity contribution is 6.23. The van der Waals surface area contributed by atoms with Gasteiger partial charge in [-0.1, -0.05) is 36.4 Å². The van der Waals surface area contributed by atoms with Gasteiger partial charge in [0, 0.05) is 28.2 Å². The van der Waals surface area contributed by atoms with Crippen molar-refractivity contribution in [2.45, 2.75) is 58.3 Å². The molecule has 0 aliphatic carbocycles. The number of amides is 3. The van der Waals surface area contributed by atoms with Crippen molar-refractivity contribution in [3.8, 4) is 0 Å². The van der Waals surface area contributed by atoms with Crippen LogP contribution < -0.4 is 10.2 Å². The van der Waals surface area contributed by atoms with Crippen molar-refractivity contribution in [1.29, 1.82) is 0 Å². The van der Waals surface area contributed by atoms with Gasteiger partial charge in [-0.25, -0.2) is 14.5 Å². The van der Waals surface area contributed by atoms with Crippen molar-refractivity contribution >= 4 is 34.7 Å². The maximum Gasteiger partial charge on any atom is 0.421 e. The van der Waals surface area contributed by atoms with E-state index in [4.69, 9.17) is 9.47 Å². The Labute approximate surface area is 198 Å². The van der Waals surface area contributed by atoms with Crippen LogP contribution in [0.4, 0.5) is 15.3 Å². The quantitative estimate of drug-likeness (QED) is 0.543. The molecule has 1 unspecified atom stereocenters. The molecule has 8 nitrogen and oxygen atoms in total. The molecule has 2 aromatic carbocycles. The number of para-hydroxylation sites is 2. The van der Waals surface area contributed by atoms with E-state index in [2.05, 4.69) is 10.3 Å². The zero-order valence-electron chi connectivity index (χ0n) is 20.2. The molecular formula is C26H29N3O5. The molecule has 8 heteroatoms. The lowest BCUT2D eigenvalue weighted by Crippen LogP contribution is -2.56. The van der Waals surface area contributed by atoms with E-state index in [9.17, 15) is 14.4 Å². The number of fused-ring (bicyclic) bond motifs is 2. The first-order valence-corrected chi connectivity index (χ1v) is 11.1. The number of carbonyl (C=O) groups excluding carboxylic acids is 3. The lowest BCUT2D eigenvalue weighted by atomic mass is 9.83. The number of rotatable bonds is 2. The predicted molar refractivity (Wildman–Crippen MR) is 129 cm³/mol. The van der Waals surface area contributed by atoms with Crippen molar-refractivity contribution in [3.63, 3.8) is 0 Å². The van der Waals surface area contributed by atoms with Crippen LogP contribution in [0, 0.1) is 0 Å². The van der Waals surface area contributed by atoms with E-state index in [0.717, 1.165) is 15.8 Å². The Kier molecular flexibility index (Phi) is 5.43. The summed E-state index contributed by atoms with van der Waals surface area (Å²) in [6.07, 6.45) is 0.0691. The highest BCUT2D eigenvalue weighted by Crippen LogP contribution is 2.47. The Hall–Kier alpha value is -3.81. The number of nitrogens with zero attached hydrogens (tertiary/aromatic N) is 1. The van der Waals surface area contributed by atoms with Gasteiger partial charge in [0.1, 0.15) is 11.2 Å². The number of nitrogens with one attached hydrogen (secondary N) is 2. The fourth-order valence-corrected chi connectivity index (χ4v) is 4.15. The summed E-state index contributed by atoms with van der Waals surface area (Å²) in [6, 6.07) is 14.3. The molecule has 1 aliphatic rings. The van der Waals surface area contributed by atoms with Crippen LogP contribution in [0.15, 0.2) is 54.7 Å². The lowest BCUT2D eigenvalue weighted by molar-refractivity contribution is -0.122. The highest BCUT2D eigenvalue weighted by atomic mass is 16.6. The van der Waals surface area contributed by atoms with Gasteiger partial charge >= 0.3 is 12.2 Å². The topological polar surface area (TPSA) is 101 Å². The van der Waals surface area contributed by atoms with Gasteiger partial charge in [0.25, 0.3) is 5.91 Å². The number of ether oxygens (including phenoxy) is 2. The molecule has 178 valence electrons. The number of alkyl carbamates (subject to hydrolysis) is 1. The summed E-state index contributed by atoms with van der Waals surface area (Å²) in [5.74, 6) is -0.654. The Bertz CT molecular complexity index is 1280. The number of hydrogen-bond donors (Lipinski definition) is 2. The summed E-state index contributed by atoms with van der Waals surface area (Å²) in [5, 5.41) is 3.55. The Morgan fingerprint density at radius 1 is 0.882 bits per heavy atom. The number of aromatic nitrogens is 1. The molecule has 0 saturated carbocycles. The molecule has 4 rings (SSSR count). The number of imide groups is 1. The summed E-state index contributed by atoms with van der Waals surface area (Å²) in [5.41, 5.74) is -1.27. The Morgan fingerprint density at radius 3 is 2.18 bits per heavy atom. The zero-order chi connectivity index (χ0) is 24.9. The third-order valence-electron chi connectivity index (χ3n) is 5.33. The molecule has 0 saturated heterocycles. The highest BCUT2D eigenvalue weighted by Gasteiger charge is 2.57. The zero-order valence-corrected chi connectivity index (χ0v) is 20.2. The Balaban J connectivity index is 1.95. The molecule has 1 aromatic heterocycles. The van der Waals surface area contributed by atoms with Crippen LogP contribution in [0.1, 0.15) is 52.7 Å². The first kappa shape index (κ1) is 23.4. The lowest BCUT2D eigenvalue weighted by Gasteiger charge is -2.31.